The molecule has 3 aromatic rings. The number of aromatic nitrogens is 2. The van der Waals surface area contributed by atoms with E-state index in [2.05, 4.69) is 31.4 Å². The molecule has 0 saturated heterocycles. The van der Waals surface area contributed by atoms with Crippen molar-refractivity contribution in [3.8, 4) is 11.5 Å². The third-order valence-electron chi connectivity index (χ3n) is 3.35. The zero-order valence-electron chi connectivity index (χ0n) is 13.1. The van der Waals surface area contributed by atoms with E-state index in [4.69, 9.17) is 16.0 Å². The van der Waals surface area contributed by atoms with Gasteiger partial charge in [-0.25, -0.2) is 0 Å². The number of thioether (sulfide) groups is 1. The van der Waals surface area contributed by atoms with Crippen molar-refractivity contribution < 1.29 is 9.21 Å². The van der Waals surface area contributed by atoms with Gasteiger partial charge in [-0.05, 0) is 42.8 Å². The molecule has 1 aromatic heterocycles. The van der Waals surface area contributed by atoms with Crippen molar-refractivity contribution >= 4 is 50.9 Å². The van der Waals surface area contributed by atoms with Gasteiger partial charge in [-0.1, -0.05) is 51.4 Å². The van der Waals surface area contributed by atoms with E-state index < -0.39 is 0 Å². The third kappa shape index (κ3) is 4.62. The molecule has 1 amide bonds. The van der Waals surface area contributed by atoms with Crippen molar-refractivity contribution in [2.45, 2.75) is 12.1 Å². The minimum atomic E-state index is -0.169. The molecule has 128 valence electrons. The minimum absolute atomic E-state index is 0.159. The highest BCUT2D eigenvalue weighted by molar-refractivity contribution is 9.10. The Hall–Kier alpha value is -1.83. The predicted octanol–water partition coefficient (Wildman–Crippen LogP) is 5.19. The summed E-state index contributed by atoms with van der Waals surface area (Å²) in [7, 11) is 0. The number of anilines is 1. The molecule has 3 rings (SSSR count). The summed E-state index contributed by atoms with van der Waals surface area (Å²) in [6, 6.07) is 12.9. The van der Waals surface area contributed by atoms with Gasteiger partial charge in [0.1, 0.15) is 0 Å². The van der Waals surface area contributed by atoms with Crippen LogP contribution in [-0.4, -0.2) is 21.9 Å². The van der Waals surface area contributed by atoms with E-state index in [0.29, 0.717) is 21.8 Å². The summed E-state index contributed by atoms with van der Waals surface area (Å²) < 4.78 is 6.51. The lowest BCUT2D eigenvalue weighted by Gasteiger charge is -2.08. The quantitative estimate of drug-likeness (QED) is 0.555. The van der Waals surface area contributed by atoms with Crippen LogP contribution >= 0.6 is 39.3 Å². The molecule has 0 saturated carbocycles. The summed E-state index contributed by atoms with van der Waals surface area (Å²) in [6.45, 7) is 1.85. The summed E-state index contributed by atoms with van der Waals surface area (Å²) in [5.41, 5.74) is 2.34. The second kappa shape index (κ2) is 8.03. The van der Waals surface area contributed by atoms with Crippen LogP contribution in [0.15, 0.2) is 56.6 Å². The van der Waals surface area contributed by atoms with Crippen molar-refractivity contribution in [3.63, 3.8) is 0 Å². The van der Waals surface area contributed by atoms with Gasteiger partial charge in [0.05, 0.1) is 5.75 Å². The molecule has 1 N–H and O–H groups in total. The molecule has 0 aliphatic carbocycles. The van der Waals surface area contributed by atoms with E-state index in [1.165, 1.54) is 11.8 Å². The monoisotopic (exact) mass is 437 g/mol. The first-order chi connectivity index (χ1) is 12.0. The molecule has 25 heavy (non-hydrogen) atoms. The number of nitrogens with zero attached hydrogens (tertiary/aromatic N) is 2. The maximum absolute atomic E-state index is 12.1. The highest BCUT2D eigenvalue weighted by atomic mass is 79.9. The third-order valence-corrected chi connectivity index (χ3v) is 5.07. The van der Waals surface area contributed by atoms with Crippen LogP contribution in [0.4, 0.5) is 5.69 Å². The molecule has 8 heteroatoms. The number of nitrogens with one attached hydrogen (secondary N) is 1. The van der Waals surface area contributed by atoms with Crippen molar-refractivity contribution in [1.29, 1.82) is 0 Å². The topological polar surface area (TPSA) is 68.0 Å². The number of hydrogen-bond acceptors (Lipinski definition) is 5. The van der Waals surface area contributed by atoms with Crippen LogP contribution < -0.4 is 5.32 Å². The van der Waals surface area contributed by atoms with E-state index in [9.17, 15) is 4.79 Å². The van der Waals surface area contributed by atoms with Gasteiger partial charge in [0.15, 0.2) is 0 Å². The molecule has 2 aromatic carbocycles. The van der Waals surface area contributed by atoms with Gasteiger partial charge in [-0.3, -0.25) is 4.79 Å². The van der Waals surface area contributed by atoms with Crippen LogP contribution in [0.25, 0.3) is 11.5 Å². The van der Waals surface area contributed by atoms with E-state index in [1.54, 1.807) is 12.1 Å². The summed E-state index contributed by atoms with van der Waals surface area (Å²) in [5, 5.41) is 11.8. The number of rotatable bonds is 5. The predicted molar refractivity (Wildman–Crippen MR) is 103 cm³/mol. The number of benzene rings is 2. The normalized spacial score (nSPS) is 10.7. The number of halogens is 2. The Morgan fingerprint density at radius 3 is 2.88 bits per heavy atom. The maximum atomic E-state index is 12.1. The number of carbonyl (C=O) groups excluding carboxylic acids is 1. The summed E-state index contributed by atoms with van der Waals surface area (Å²) >= 11 is 10.6. The Balaban J connectivity index is 1.60. The van der Waals surface area contributed by atoms with Gasteiger partial charge in [0.2, 0.25) is 11.8 Å². The molecule has 0 bridgehead atoms. The van der Waals surface area contributed by atoms with Crippen LogP contribution in [0.3, 0.4) is 0 Å². The number of carbonyl (C=O) groups is 1. The van der Waals surface area contributed by atoms with Gasteiger partial charge in [0.25, 0.3) is 5.22 Å². The van der Waals surface area contributed by atoms with Crippen LogP contribution in [0.5, 0.6) is 0 Å². The number of hydrogen-bond donors (Lipinski definition) is 1. The first kappa shape index (κ1) is 18.0. The van der Waals surface area contributed by atoms with Crippen LogP contribution in [0, 0.1) is 6.92 Å². The SMILES string of the molecule is Cc1c(Cl)cccc1NC(=O)CSc1nnc(-c2cccc(Br)c2)o1. The summed E-state index contributed by atoms with van der Waals surface area (Å²) in [4.78, 5) is 12.1. The lowest BCUT2D eigenvalue weighted by molar-refractivity contribution is -0.113. The molecule has 0 spiro atoms. The molecule has 1 heterocycles. The van der Waals surface area contributed by atoms with Crippen LogP contribution in [0.1, 0.15) is 5.56 Å². The van der Waals surface area contributed by atoms with Gasteiger partial charge in [-0.15, -0.1) is 10.2 Å². The van der Waals surface area contributed by atoms with Crippen molar-refractivity contribution in [2.75, 3.05) is 11.1 Å². The van der Waals surface area contributed by atoms with E-state index in [1.807, 2.05) is 37.3 Å². The van der Waals surface area contributed by atoms with Crippen molar-refractivity contribution in [2.24, 2.45) is 0 Å². The van der Waals surface area contributed by atoms with E-state index in [-0.39, 0.29) is 11.7 Å². The van der Waals surface area contributed by atoms with Crippen molar-refractivity contribution in [3.05, 3.63) is 57.5 Å². The largest absolute Gasteiger partial charge is 0.411 e. The maximum Gasteiger partial charge on any atom is 0.277 e. The summed E-state index contributed by atoms with van der Waals surface area (Å²) in [6.07, 6.45) is 0. The standard InChI is InChI=1S/C17H13BrClN3O2S/c1-10-13(19)6-3-7-14(10)20-15(23)9-25-17-22-21-16(24-17)11-4-2-5-12(18)8-11/h2-8H,9H2,1H3,(H,20,23). The second-order valence-corrected chi connectivity index (χ2v) is 7.38. The van der Waals surface area contributed by atoms with Crippen molar-refractivity contribution in [1.82, 2.24) is 10.2 Å². The zero-order chi connectivity index (χ0) is 17.8. The molecule has 5 nitrogen and oxygen atoms in total. The average Bonchev–Trinajstić information content (AvgIpc) is 3.06. The van der Waals surface area contributed by atoms with E-state index >= 15 is 0 Å². The fourth-order valence-electron chi connectivity index (χ4n) is 2.06. The molecule has 0 radical (unpaired) electrons. The lowest BCUT2D eigenvalue weighted by Crippen LogP contribution is -2.14. The second-order valence-electron chi connectivity index (χ2n) is 5.13. The summed E-state index contributed by atoms with van der Waals surface area (Å²) in [5.74, 6) is 0.402. The minimum Gasteiger partial charge on any atom is -0.411 e. The highest BCUT2D eigenvalue weighted by Gasteiger charge is 2.12. The molecular formula is C17H13BrClN3O2S. The average molecular weight is 439 g/mol. The van der Waals surface area contributed by atoms with Gasteiger partial charge in [0, 0.05) is 20.7 Å². The molecule has 0 aliphatic heterocycles. The molecule has 0 atom stereocenters. The first-order valence-corrected chi connectivity index (χ1v) is 9.46. The molecule has 0 unspecified atom stereocenters. The number of amides is 1. The molecular weight excluding hydrogens is 426 g/mol. The lowest BCUT2D eigenvalue weighted by atomic mass is 10.2. The smallest absolute Gasteiger partial charge is 0.277 e. The van der Waals surface area contributed by atoms with Gasteiger partial charge in [-0.2, -0.15) is 0 Å². The first-order valence-electron chi connectivity index (χ1n) is 7.30. The molecule has 0 aliphatic rings. The Bertz CT molecular complexity index is 916. The Kier molecular flexibility index (Phi) is 5.78. The Morgan fingerprint density at radius 1 is 1.28 bits per heavy atom. The van der Waals surface area contributed by atoms with Crippen LogP contribution in [-0.2, 0) is 4.79 Å². The highest BCUT2D eigenvalue weighted by Crippen LogP contribution is 2.26. The fourth-order valence-corrected chi connectivity index (χ4v) is 3.20. The Labute approximate surface area is 162 Å². The van der Waals surface area contributed by atoms with Gasteiger partial charge >= 0.3 is 0 Å². The molecule has 0 fully saturated rings. The van der Waals surface area contributed by atoms with Crippen LogP contribution in [0.2, 0.25) is 5.02 Å². The van der Waals surface area contributed by atoms with E-state index in [0.717, 1.165) is 15.6 Å². The Morgan fingerprint density at radius 2 is 2.08 bits per heavy atom. The fraction of sp³-hybridized carbons (Fsp3) is 0.118. The van der Waals surface area contributed by atoms with Gasteiger partial charge < -0.3 is 9.73 Å². The zero-order valence-corrected chi connectivity index (χ0v) is 16.3.